The molecule has 164 valence electrons. The largest absolute Gasteiger partial charge is 0.438 e. The minimum absolute atomic E-state index is 0.296. The predicted molar refractivity (Wildman–Crippen MR) is 120 cm³/mol. The second-order valence-electron chi connectivity index (χ2n) is 8.65. The molecule has 8 heteroatoms. The number of hydrogen-bond donors (Lipinski definition) is 2. The highest BCUT2D eigenvalue weighted by Gasteiger charge is 2.22. The molecule has 1 aromatic carbocycles. The third kappa shape index (κ3) is 4.06. The number of halogens is 1. The van der Waals surface area contributed by atoms with Crippen LogP contribution < -0.4 is 5.32 Å². The molecule has 2 N–H and O–H groups in total. The molecule has 4 heterocycles. The number of rotatable bonds is 5. The van der Waals surface area contributed by atoms with Crippen LogP contribution in [0.5, 0.6) is 0 Å². The summed E-state index contributed by atoms with van der Waals surface area (Å²) >= 11 is 0. The SMILES string of the molecule is CC(C)(O)Cn1cc(-c2ncnc3oc(C4=CCCNC4)cc23)c(-c2ccc(F)cc2)n1. The fourth-order valence-electron chi connectivity index (χ4n) is 3.95. The van der Waals surface area contributed by atoms with Crippen LogP contribution in [0.3, 0.4) is 0 Å². The van der Waals surface area contributed by atoms with Crippen LogP contribution in [0.2, 0.25) is 0 Å². The molecule has 32 heavy (non-hydrogen) atoms. The van der Waals surface area contributed by atoms with Crippen LogP contribution in [0.4, 0.5) is 4.39 Å². The number of nitrogens with zero attached hydrogens (tertiary/aromatic N) is 4. The third-order valence-electron chi connectivity index (χ3n) is 5.36. The van der Waals surface area contributed by atoms with Gasteiger partial charge in [0, 0.05) is 29.4 Å². The molecule has 5 rings (SSSR count). The zero-order valence-corrected chi connectivity index (χ0v) is 18.0. The number of fused-ring (bicyclic) bond motifs is 1. The molecule has 0 bridgehead atoms. The summed E-state index contributed by atoms with van der Waals surface area (Å²) in [5.74, 6) is 0.450. The predicted octanol–water partition coefficient (Wildman–Crippen LogP) is 4.04. The average Bonchev–Trinajstić information content (AvgIpc) is 3.38. The zero-order chi connectivity index (χ0) is 22.3. The van der Waals surface area contributed by atoms with Gasteiger partial charge in [0.05, 0.1) is 23.2 Å². The van der Waals surface area contributed by atoms with Crippen LogP contribution in [0.25, 0.3) is 39.2 Å². The van der Waals surface area contributed by atoms with E-state index in [0.717, 1.165) is 47.4 Å². The lowest BCUT2D eigenvalue weighted by molar-refractivity contribution is 0.0578. The highest BCUT2D eigenvalue weighted by molar-refractivity contribution is 5.95. The monoisotopic (exact) mass is 433 g/mol. The quantitative estimate of drug-likeness (QED) is 0.494. The molecule has 7 nitrogen and oxygen atoms in total. The minimum atomic E-state index is -0.951. The van der Waals surface area contributed by atoms with Crippen molar-refractivity contribution in [2.75, 3.05) is 13.1 Å². The van der Waals surface area contributed by atoms with Crippen molar-refractivity contribution in [2.45, 2.75) is 32.4 Å². The Kier molecular flexibility index (Phi) is 5.11. The molecule has 0 saturated heterocycles. The first-order chi connectivity index (χ1) is 15.4. The van der Waals surface area contributed by atoms with E-state index in [2.05, 4.69) is 21.4 Å². The molecule has 1 aliphatic heterocycles. The summed E-state index contributed by atoms with van der Waals surface area (Å²) < 4.78 is 21.3. The van der Waals surface area contributed by atoms with Gasteiger partial charge >= 0.3 is 0 Å². The summed E-state index contributed by atoms with van der Waals surface area (Å²) in [4.78, 5) is 8.87. The molecule has 0 spiro atoms. The van der Waals surface area contributed by atoms with Crippen molar-refractivity contribution in [2.24, 2.45) is 0 Å². The Bertz CT molecular complexity index is 1300. The van der Waals surface area contributed by atoms with Gasteiger partial charge in [-0.1, -0.05) is 6.08 Å². The van der Waals surface area contributed by atoms with Gasteiger partial charge in [-0.15, -0.1) is 0 Å². The van der Waals surface area contributed by atoms with Crippen LogP contribution in [0, 0.1) is 5.82 Å². The maximum absolute atomic E-state index is 13.5. The van der Waals surface area contributed by atoms with E-state index in [1.807, 2.05) is 12.3 Å². The number of aromatic nitrogens is 4. The van der Waals surface area contributed by atoms with Gasteiger partial charge in [-0.25, -0.2) is 14.4 Å². The second kappa shape index (κ2) is 7.96. The lowest BCUT2D eigenvalue weighted by Gasteiger charge is -2.16. The van der Waals surface area contributed by atoms with Gasteiger partial charge < -0.3 is 14.8 Å². The summed E-state index contributed by atoms with van der Waals surface area (Å²) in [6.45, 7) is 5.44. The number of aliphatic hydroxyl groups is 1. The van der Waals surface area contributed by atoms with Gasteiger partial charge in [-0.05, 0) is 57.1 Å². The van der Waals surface area contributed by atoms with Crippen molar-refractivity contribution in [1.82, 2.24) is 25.1 Å². The summed E-state index contributed by atoms with van der Waals surface area (Å²) in [6.07, 6.45) is 6.45. The molecular formula is C24H24FN5O2. The Labute approximate surface area is 184 Å². The molecule has 3 aromatic heterocycles. The van der Waals surface area contributed by atoms with Gasteiger partial charge in [-0.3, -0.25) is 4.68 Å². The van der Waals surface area contributed by atoms with Crippen molar-refractivity contribution in [1.29, 1.82) is 0 Å². The first-order valence-electron chi connectivity index (χ1n) is 10.6. The van der Waals surface area contributed by atoms with Crippen molar-refractivity contribution in [3.8, 4) is 22.5 Å². The van der Waals surface area contributed by atoms with Crippen molar-refractivity contribution in [3.05, 3.63) is 60.5 Å². The molecule has 0 saturated carbocycles. The molecule has 0 unspecified atom stereocenters. The Morgan fingerprint density at radius 3 is 2.72 bits per heavy atom. The highest BCUT2D eigenvalue weighted by atomic mass is 19.1. The fourth-order valence-corrected chi connectivity index (χ4v) is 3.95. The topological polar surface area (TPSA) is 89.0 Å². The van der Waals surface area contributed by atoms with Gasteiger partial charge in [0.1, 0.15) is 23.6 Å². The molecular weight excluding hydrogens is 409 g/mol. The summed E-state index contributed by atoms with van der Waals surface area (Å²) in [6, 6.07) is 8.15. The molecule has 0 fully saturated rings. The van der Waals surface area contributed by atoms with E-state index in [9.17, 15) is 9.50 Å². The Morgan fingerprint density at radius 2 is 2.00 bits per heavy atom. The molecule has 0 atom stereocenters. The molecule has 0 aliphatic carbocycles. The van der Waals surface area contributed by atoms with Crippen LogP contribution in [0.15, 0.2) is 53.3 Å². The maximum Gasteiger partial charge on any atom is 0.230 e. The summed E-state index contributed by atoms with van der Waals surface area (Å²) in [7, 11) is 0. The highest BCUT2D eigenvalue weighted by Crippen LogP contribution is 2.36. The number of furan rings is 1. The number of hydrogen-bond acceptors (Lipinski definition) is 6. The standard InChI is InChI=1S/C24H24FN5O2/c1-24(2,31)13-30-12-19(21(29-30)15-5-7-17(25)8-6-15)22-18-10-20(16-4-3-9-26-11-16)32-23(18)28-14-27-22/h4-8,10,12,14,26,31H,3,9,11,13H2,1-2H3. The van der Waals surface area contributed by atoms with E-state index in [4.69, 9.17) is 9.52 Å². The molecule has 0 amide bonds. The van der Waals surface area contributed by atoms with Gasteiger partial charge in [-0.2, -0.15) is 5.10 Å². The molecule has 1 aliphatic rings. The third-order valence-corrected chi connectivity index (χ3v) is 5.36. The summed E-state index contributed by atoms with van der Waals surface area (Å²) in [5, 5.41) is 19.1. The maximum atomic E-state index is 13.5. The first kappa shape index (κ1) is 20.5. The van der Waals surface area contributed by atoms with E-state index >= 15 is 0 Å². The van der Waals surface area contributed by atoms with Crippen LogP contribution >= 0.6 is 0 Å². The van der Waals surface area contributed by atoms with E-state index in [-0.39, 0.29) is 5.82 Å². The lowest BCUT2D eigenvalue weighted by atomic mass is 10.0. The number of benzene rings is 1. The molecule has 0 radical (unpaired) electrons. The van der Waals surface area contributed by atoms with Crippen molar-refractivity contribution < 1.29 is 13.9 Å². The Balaban J connectivity index is 1.67. The van der Waals surface area contributed by atoms with Crippen molar-refractivity contribution in [3.63, 3.8) is 0 Å². The fraction of sp³-hybridized carbons (Fsp3) is 0.292. The molecule has 4 aromatic rings. The van der Waals surface area contributed by atoms with E-state index in [1.54, 1.807) is 30.7 Å². The summed E-state index contributed by atoms with van der Waals surface area (Å²) in [5.41, 5.74) is 3.48. The average molecular weight is 433 g/mol. The number of nitrogens with one attached hydrogen (secondary N) is 1. The second-order valence-corrected chi connectivity index (χ2v) is 8.65. The van der Waals surface area contributed by atoms with E-state index in [0.29, 0.717) is 23.6 Å². The van der Waals surface area contributed by atoms with Gasteiger partial charge in [0.2, 0.25) is 5.71 Å². The minimum Gasteiger partial charge on any atom is -0.438 e. The normalized spacial score (nSPS) is 14.7. The van der Waals surface area contributed by atoms with E-state index in [1.165, 1.54) is 18.5 Å². The van der Waals surface area contributed by atoms with Crippen LogP contribution in [-0.4, -0.2) is 43.5 Å². The van der Waals surface area contributed by atoms with Crippen molar-refractivity contribution >= 4 is 16.7 Å². The Hall–Kier alpha value is -3.36. The van der Waals surface area contributed by atoms with E-state index < -0.39 is 5.60 Å². The smallest absolute Gasteiger partial charge is 0.230 e. The van der Waals surface area contributed by atoms with Gasteiger partial charge in [0.15, 0.2) is 0 Å². The zero-order valence-electron chi connectivity index (χ0n) is 18.0. The van der Waals surface area contributed by atoms with Crippen LogP contribution in [0.1, 0.15) is 26.0 Å². The van der Waals surface area contributed by atoms with Crippen LogP contribution in [-0.2, 0) is 6.54 Å². The van der Waals surface area contributed by atoms with Gasteiger partial charge in [0.25, 0.3) is 0 Å². The first-order valence-corrected chi connectivity index (χ1v) is 10.6. The lowest BCUT2D eigenvalue weighted by Crippen LogP contribution is -2.26. The Morgan fingerprint density at radius 1 is 1.19 bits per heavy atom.